The van der Waals surface area contributed by atoms with Gasteiger partial charge in [-0.25, -0.2) is 0 Å². The molecule has 12 heavy (non-hydrogen) atoms. The van der Waals surface area contributed by atoms with E-state index in [1.54, 1.807) is 0 Å². The fourth-order valence-corrected chi connectivity index (χ4v) is 1.55. The van der Waals surface area contributed by atoms with Gasteiger partial charge >= 0.3 is 0 Å². The first-order valence-electron chi connectivity index (χ1n) is 4.39. The predicted octanol–water partition coefficient (Wildman–Crippen LogP) is 0.559. The van der Waals surface area contributed by atoms with E-state index < -0.39 is 0 Å². The van der Waals surface area contributed by atoms with Gasteiger partial charge in [-0.1, -0.05) is 0 Å². The fourth-order valence-electron chi connectivity index (χ4n) is 1.55. The van der Waals surface area contributed by atoms with Gasteiger partial charge in [-0.3, -0.25) is 9.69 Å². The molecule has 0 unspecified atom stereocenters. The van der Waals surface area contributed by atoms with Crippen LogP contribution in [0.2, 0.25) is 0 Å². The van der Waals surface area contributed by atoms with Crippen molar-refractivity contribution < 1.29 is 4.79 Å². The third kappa shape index (κ3) is 1.78. The number of likely N-dealkylation sites (N-methyl/N-ethyl adjacent to an activating group) is 2. The molecule has 1 saturated heterocycles. The lowest BCUT2D eigenvalue weighted by Crippen LogP contribution is -2.46. The van der Waals surface area contributed by atoms with E-state index in [0.29, 0.717) is 6.42 Å². The molecule has 0 aromatic rings. The zero-order valence-corrected chi connectivity index (χ0v) is 8.42. The number of rotatable bonds is 0. The Hall–Kier alpha value is -0.570. The minimum absolute atomic E-state index is 0.112. The molecular weight excluding hydrogens is 152 g/mol. The first-order chi connectivity index (χ1) is 5.43. The van der Waals surface area contributed by atoms with Crippen LogP contribution < -0.4 is 0 Å². The van der Waals surface area contributed by atoms with Crippen molar-refractivity contribution in [2.75, 3.05) is 27.2 Å². The molecule has 0 bridgehead atoms. The lowest BCUT2D eigenvalue weighted by Gasteiger charge is -2.34. The second-order valence-corrected chi connectivity index (χ2v) is 4.23. The van der Waals surface area contributed by atoms with Gasteiger partial charge in [-0.2, -0.15) is 0 Å². The van der Waals surface area contributed by atoms with E-state index in [1.807, 2.05) is 11.9 Å². The highest BCUT2D eigenvalue weighted by Gasteiger charge is 2.30. The van der Waals surface area contributed by atoms with Crippen LogP contribution in [0.15, 0.2) is 0 Å². The molecule has 0 atom stereocenters. The average Bonchev–Trinajstić information content (AvgIpc) is 2.03. The van der Waals surface area contributed by atoms with Gasteiger partial charge in [0.1, 0.15) is 0 Å². The summed E-state index contributed by atoms with van der Waals surface area (Å²) in [5.74, 6) is 0.257. The number of carbonyl (C=O) groups is 1. The fraction of sp³-hybridized carbons (Fsp3) is 0.889. The topological polar surface area (TPSA) is 23.6 Å². The van der Waals surface area contributed by atoms with Gasteiger partial charge in [0, 0.05) is 32.1 Å². The predicted molar refractivity (Wildman–Crippen MR) is 49.0 cm³/mol. The lowest BCUT2D eigenvalue weighted by molar-refractivity contribution is -0.129. The SMILES string of the molecule is CN1CC(C)(C)N(C)CCC1=O. The van der Waals surface area contributed by atoms with Crippen LogP contribution in [0.4, 0.5) is 0 Å². The van der Waals surface area contributed by atoms with Crippen LogP contribution in [0.5, 0.6) is 0 Å². The molecule has 1 heterocycles. The summed E-state index contributed by atoms with van der Waals surface area (Å²) < 4.78 is 0. The second-order valence-electron chi connectivity index (χ2n) is 4.23. The van der Waals surface area contributed by atoms with Gasteiger partial charge < -0.3 is 4.90 Å². The maximum Gasteiger partial charge on any atom is 0.223 e. The maximum absolute atomic E-state index is 11.3. The van der Waals surface area contributed by atoms with Crippen molar-refractivity contribution >= 4 is 5.91 Å². The Balaban J connectivity index is 2.75. The number of amides is 1. The monoisotopic (exact) mass is 170 g/mol. The third-order valence-corrected chi connectivity index (χ3v) is 2.74. The largest absolute Gasteiger partial charge is 0.344 e. The van der Waals surface area contributed by atoms with Crippen LogP contribution in [0.1, 0.15) is 20.3 Å². The number of hydrogen-bond acceptors (Lipinski definition) is 2. The standard InChI is InChI=1S/C9H18N2O/c1-9(2)7-10(3)8(12)5-6-11(9)4/h5-7H2,1-4H3. The molecule has 1 amide bonds. The first-order valence-corrected chi connectivity index (χ1v) is 4.39. The van der Waals surface area contributed by atoms with Crippen LogP contribution in [0, 0.1) is 0 Å². The lowest BCUT2D eigenvalue weighted by atomic mass is 10.0. The first kappa shape index (κ1) is 9.52. The summed E-state index contributed by atoms with van der Waals surface area (Å²) in [6.07, 6.45) is 0.649. The van der Waals surface area contributed by atoms with Crippen LogP contribution in [0.25, 0.3) is 0 Å². The molecular formula is C9H18N2O. The maximum atomic E-state index is 11.3. The smallest absolute Gasteiger partial charge is 0.223 e. The highest BCUT2D eigenvalue weighted by molar-refractivity contribution is 5.76. The molecule has 1 aliphatic heterocycles. The molecule has 3 heteroatoms. The molecule has 70 valence electrons. The van der Waals surface area contributed by atoms with E-state index in [4.69, 9.17) is 0 Å². The van der Waals surface area contributed by atoms with Crippen molar-refractivity contribution in [2.45, 2.75) is 25.8 Å². The van der Waals surface area contributed by atoms with Crippen molar-refractivity contribution in [1.29, 1.82) is 0 Å². The summed E-state index contributed by atoms with van der Waals surface area (Å²) in [6.45, 7) is 6.03. The van der Waals surface area contributed by atoms with Crippen LogP contribution in [-0.4, -0.2) is 48.4 Å². The van der Waals surface area contributed by atoms with Gasteiger partial charge in [0.05, 0.1) is 0 Å². The highest BCUT2D eigenvalue weighted by atomic mass is 16.2. The molecule has 3 nitrogen and oxygen atoms in total. The van der Waals surface area contributed by atoms with E-state index in [1.165, 1.54) is 0 Å². The van der Waals surface area contributed by atoms with E-state index in [0.717, 1.165) is 13.1 Å². The molecule has 1 rings (SSSR count). The highest BCUT2D eigenvalue weighted by Crippen LogP contribution is 2.17. The summed E-state index contributed by atoms with van der Waals surface area (Å²) in [5, 5.41) is 0. The van der Waals surface area contributed by atoms with Crippen LogP contribution >= 0.6 is 0 Å². The molecule has 0 aliphatic carbocycles. The Morgan fingerprint density at radius 2 is 1.92 bits per heavy atom. The Labute approximate surface area is 74.3 Å². The van der Waals surface area contributed by atoms with E-state index in [-0.39, 0.29) is 11.4 Å². The Morgan fingerprint density at radius 3 is 2.50 bits per heavy atom. The minimum Gasteiger partial charge on any atom is -0.344 e. The van der Waals surface area contributed by atoms with Crippen molar-refractivity contribution in [3.8, 4) is 0 Å². The summed E-state index contributed by atoms with van der Waals surface area (Å²) in [7, 11) is 3.95. The molecule has 0 N–H and O–H groups in total. The van der Waals surface area contributed by atoms with E-state index >= 15 is 0 Å². The summed E-state index contributed by atoms with van der Waals surface area (Å²) in [4.78, 5) is 15.4. The van der Waals surface area contributed by atoms with Crippen molar-refractivity contribution in [2.24, 2.45) is 0 Å². The minimum atomic E-state index is 0.112. The van der Waals surface area contributed by atoms with Crippen LogP contribution in [0.3, 0.4) is 0 Å². The Bertz CT molecular complexity index is 189. The quantitative estimate of drug-likeness (QED) is 0.530. The Kier molecular flexibility index (Phi) is 2.42. The van der Waals surface area contributed by atoms with Gasteiger partial charge in [-0.05, 0) is 20.9 Å². The van der Waals surface area contributed by atoms with Gasteiger partial charge in [0.15, 0.2) is 0 Å². The van der Waals surface area contributed by atoms with Gasteiger partial charge in [0.2, 0.25) is 5.91 Å². The molecule has 1 aliphatic rings. The summed E-state index contributed by atoms with van der Waals surface area (Å²) in [6, 6.07) is 0. The molecule has 0 spiro atoms. The van der Waals surface area contributed by atoms with Gasteiger partial charge in [0.25, 0.3) is 0 Å². The van der Waals surface area contributed by atoms with Crippen molar-refractivity contribution in [1.82, 2.24) is 9.80 Å². The summed E-state index contributed by atoms with van der Waals surface area (Å²) >= 11 is 0. The molecule has 0 saturated carbocycles. The molecule has 0 radical (unpaired) electrons. The molecule has 0 aromatic carbocycles. The Morgan fingerprint density at radius 1 is 1.33 bits per heavy atom. The van der Waals surface area contributed by atoms with Gasteiger partial charge in [-0.15, -0.1) is 0 Å². The third-order valence-electron chi connectivity index (χ3n) is 2.74. The van der Waals surface area contributed by atoms with E-state index in [2.05, 4.69) is 25.8 Å². The van der Waals surface area contributed by atoms with Crippen molar-refractivity contribution in [3.05, 3.63) is 0 Å². The molecule has 1 fully saturated rings. The zero-order valence-electron chi connectivity index (χ0n) is 8.42. The number of nitrogens with zero attached hydrogens (tertiary/aromatic N) is 2. The number of hydrogen-bond donors (Lipinski definition) is 0. The normalized spacial score (nSPS) is 25.7. The zero-order chi connectivity index (χ0) is 9.35. The molecule has 0 aromatic heterocycles. The average molecular weight is 170 g/mol. The second kappa shape index (κ2) is 3.05. The summed E-state index contributed by atoms with van der Waals surface area (Å²) in [5.41, 5.74) is 0.112. The van der Waals surface area contributed by atoms with Crippen LogP contribution in [-0.2, 0) is 4.79 Å². The number of carbonyl (C=O) groups excluding carboxylic acids is 1. The van der Waals surface area contributed by atoms with E-state index in [9.17, 15) is 4.79 Å². The van der Waals surface area contributed by atoms with Crippen molar-refractivity contribution in [3.63, 3.8) is 0 Å².